The maximum absolute atomic E-state index is 11.3. The highest BCUT2D eigenvalue weighted by molar-refractivity contribution is 7.89. The van der Waals surface area contributed by atoms with Gasteiger partial charge < -0.3 is 10.6 Å². The summed E-state index contributed by atoms with van der Waals surface area (Å²) in [6, 6.07) is 12.5. The van der Waals surface area contributed by atoms with Crippen LogP contribution in [0.2, 0.25) is 0 Å². The molecule has 0 spiro atoms. The van der Waals surface area contributed by atoms with Gasteiger partial charge in [-0.3, -0.25) is 0 Å². The highest BCUT2D eigenvalue weighted by Crippen LogP contribution is 2.18. The Labute approximate surface area is 148 Å². The van der Waals surface area contributed by atoms with Crippen LogP contribution < -0.4 is 15.8 Å². The average Bonchev–Trinajstić information content (AvgIpc) is 2.50. The largest absolute Gasteiger partial charge is 0.356 e. The zero-order valence-corrected chi connectivity index (χ0v) is 15.5. The topological polar surface area (TPSA) is 84.2 Å². The van der Waals surface area contributed by atoms with Gasteiger partial charge in [-0.2, -0.15) is 0 Å². The maximum atomic E-state index is 11.3. The molecule has 0 aromatic heterocycles. The average molecular weight is 364 g/mol. The van der Waals surface area contributed by atoms with Crippen LogP contribution in [0, 0.1) is 13.8 Å². The molecule has 2 aromatic carbocycles. The molecule has 2 aromatic rings. The van der Waals surface area contributed by atoms with Crippen LogP contribution >= 0.6 is 12.2 Å². The Morgan fingerprint density at radius 2 is 1.75 bits per heavy atom. The predicted octanol–water partition coefficient (Wildman–Crippen LogP) is 3.00. The molecule has 4 N–H and O–H groups in total. The third kappa shape index (κ3) is 4.77. The van der Waals surface area contributed by atoms with Gasteiger partial charge in [-0.25, -0.2) is 13.6 Å². The van der Waals surface area contributed by atoms with E-state index in [4.69, 9.17) is 17.4 Å². The summed E-state index contributed by atoms with van der Waals surface area (Å²) in [5.41, 5.74) is 4.13. The SMILES string of the molecule is Cc1ccc(C)c(NC(=S)N[C@@H](C)c2ccc(S(N)(=O)=O)cc2)c1. The maximum Gasteiger partial charge on any atom is 0.238 e. The number of aryl methyl sites for hydroxylation is 2. The molecular weight excluding hydrogens is 342 g/mol. The van der Waals surface area contributed by atoms with Gasteiger partial charge in [-0.05, 0) is 67.9 Å². The molecule has 0 fully saturated rings. The first kappa shape index (κ1) is 18.4. The minimum atomic E-state index is -3.68. The molecule has 0 aliphatic heterocycles. The molecule has 7 heteroatoms. The van der Waals surface area contributed by atoms with Crippen molar-refractivity contribution in [2.24, 2.45) is 5.14 Å². The van der Waals surface area contributed by atoms with E-state index in [9.17, 15) is 8.42 Å². The Balaban J connectivity index is 2.05. The quantitative estimate of drug-likeness (QED) is 0.727. The first-order valence-corrected chi connectivity index (χ1v) is 9.40. The predicted molar refractivity (Wildman–Crippen MR) is 102 cm³/mol. The van der Waals surface area contributed by atoms with E-state index >= 15 is 0 Å². The molecular formula is C17H21N3O2S2. The number of nitrogens with one attached hydrogen (secondary N) is 2. The van der Waals surface area contributed by atoms with Crippen LogP contribution in [0.25, 0.3) is 0 Å². The molecule has 0 saturated heterocycles. The van der Waals surface area contributed by atoms with Crippen molar-refractivity contribution in [1.82, 2.24) is 5.32 Å². The molecule has 0 aliphatic rings. The van der Waals surface area contributed by atoms with Gasteiger partial charge in [0, 0.05) is 5.69 Å². The van der Waals surface area contributed by atoms with E-state index in [-0.39, 0.29) is 10.9 Å². The summed E-state index contributed by atoms with van der Waals surface area (Å²) in [6.45, 7) is 5.99. The number of nitrogens with two attached hydrogens (primary N) is 1. The van der Waals surface area contributed by atoms with E-state index in [1.165, 1.54) is 12.1 Å². The Kier molecular flexibility index (Phi) is 5.58. The number of rotatable bonds is 4. The van der Waals surface area contributed by atoms with Crippen molar-refractivity contribution >= 4 is 33.0 Å². The molecule has 128 valence electrons. The zero-order chi connectivity index (χ0) is 17.9. The lowest BCUT2D eigenvalue weighted by atomic mass is 10.1. The number of primary sulfonamides is 1. The molecule has 24 heavy (non-hydrogen) atoms. The zero-order valence-electron chi connectivity index (χ0n) is 13.8. The van der Waals surface area contributed by atoms with E-state index in [0.29, 0.717) is 5.11 Å². The lowest BCUT2D eigenvalue weighted by Crippen LogP contribution is -2.31. The number of anilines is 1. The molecule has 0 amide bonds. The highest BCUT2D eigenvalue weighted by Gasteiger charge is 2.11. The normalized spacial score (nSPS) is 12.5. The summed E-state index contributed by atoms with van der Waals surface area (Å²) in [4.78, 5) is 0.0922. The lowest BCUT2D eigenvalue weighted by Gasteiger charge is -2.18. The van der Waals surface area contributed by atoms with Crippen LogP contribution in [0.1, 0.15) is 29.7 Å². The second kappa shape index (κ2) is 7.29. The van der Waals surface area contributed by atoms with Gasteiger partial charge in [0.2, 0.25) is 10.0 Å². The van der Waals surface area contributed by atoms with Gasteiger partial charge in [0.25, 0.3) is 0 Å². The van der Waals surface area contributed by atoms with Crippen LogP contribution in [-0.4, -0.2) is 13.5 Å². The Hall–Kier alpha value is -1.96. The second-order valence-electron chi connectivity index (χ2n) is 5.75. The second-order valence-corrected chi connectivity index (χ2v) is 7.72. The third-order valence-electron chi connectivity index (χ3n) is 3.70. The summed E-state index contributed by atoms with van der Waals surface area (Å²) in [7, 11) is -3.68. The van der Waals surface area contributed by atoms with Crippen molar-refractivity contribution in [3.8, 4) is 0 Å². The van der Waals surface area contributed by atoms with Crippen LogP contribution in [-0.2, 0) is 10.0 Å². The summed E-state index contributed by atoms with van der Waals surface area (Å²) < 4.78 is 22.6. The van der Waals surface area contributed by atoms with Crippen LogP contribution in [0.15, 0.2) is 47.4 Å². The minimum absolute atomic E-state index is 0.0790. The summed E-state index contributed by atoms with van der Waals surface area (Å²) in [6.07, 6.45) is 0. The van der Waals surface area contributed by atoms with E-state index in [2.05, 4.69) is 10.6 Å². The fourth-order valence-electron chi connectivity index (χ4n) is 2.26. The van der Waals surface area contributed by atoms with Gasteiger partial charge in [0.1, 0.15) is 0 Å². The van der Waals surface area contributed by atoms with Crippen LogP contribution in [0.4, 0.5) is 5.69 Å². The van der Waals surface area contributed by atoms with Crippen molar-refractivity contribution in [3.63, 3.8) is 0 Å². The number of sulfonamides is 1. The standard InChI is InChI=1S/C17H21N3O2S2/c1-11-4-5-12(2)16(10-11)20-17(23)19-13(3)14-6-8-15(9-7-14)24(18,21)22/h4-10,13H,1-3H3,(H2,18,21,22)(H2,19,20,23)/t13-/m0/s1. The smallest absolute Gasteiger partial charge is 0.238 e. The molecule has 0 aliphatic carbocycles. The first-order valence-electron chi connectivity index (χ1n) is 7.44. The number of hydrogen-bond acceptors (Lipinski definition) is 3. The lowest BCUT2D eigenvalue weighted by molar-refractivity contribution is 0.597. The Morgan fingerprint density at radius 1 is 1.12 bits per heavy atom. The number of benzene rings is 2. The van der Waals surface area contributed by atoms with Crippen molar-refractivity contribution in [1.29, 1.82) is 0 Å². The van der Waals surface area contributed by atoms with Crippen LogP contribution in [0.5, 0.6) is 0 Å². The monoisotopic (exact) mass is 363 g/mol. The van der Waals surface area contributed by atoms with Crippen LogP contribution in [0.3, 0.4) is 0 Å². The molecule has 1 atom stereocenters. The van der Waals surface area contributed by atoms with Gasteiger partial charge in [-0.15, -0.1) is 0 Å². The van der Waals surface area contributed by atoms with E-state index in [0.717, 1.165) is 22.4 Å². The van der Waals surface area contributed by atoms with Crippen molar-refractivity contribution in [2.45, 2.75) is 31.7 Å². The fraction of sp³-hybridized carbons (Fsp3) is 0.235. The molecule has 0 heterocycles. The highest BCUT2D eigenvalue weighted by atomic mass is 32.2. The van der Waals surface area contributed by atoms with Crippen molar-refractivity contribution < 1.29 is 8.42 Å². The van der Waals surface area contributed by atoms with E-state index in [1.54, 1.807) is 12.1 Å². The Morgan fingerprint density at radius 3 is 2.33 bits per heavy atom. The first-order chi connectivity index (χ1) is 11.2. The molecule has 0 saturated carbocycles. The molecule has 5 nitrogen and oxygen atoms in total. The summed E-state index contributed by atoms with van der Waals surface area (Å²) >= 11 is 5.36. The Bertz CT molecular complexity index is 847. The minimum Gasteiger partial charge on any atom is -0.356 e. The van der Waals surface area contributed by atoms with Crippen molar-refractivity contribution in [3.05, 3.63) is 59.2 Å². The molecule has 0 unspecified atom stereocenters. The van der Waals surface area contributed by atoms with E-state index in [1.807, 2.05) is 39.0 Å². The molecule has 0 radical (unpaired) electrons. The number of hydrogen-bond donors (Lipinski definition) is 3. The van der Waals surface area contributed by atoms with E-state index < -0.39 is 10.0 Å². The third-order valence-corrected chi connectivity index (χ3v) is 4.85. The number of thiocarbonyl (C=S) groups is 1. The fourth-order valence-corrected chi connectivity index (χ4v) is 3.06. The van der Waals surface area contributed by atoms with Gasteiger partial charge in [-0.1, -0.05) is 24.3 Å². The van der Waals surface area contributed by atoms with Gasteiger partial charge in [0.15, 0.2) is 5.11 Å². The van der Waals surface area contributed by atoms with Gasteiger partial charge in [0.05, 0.1) is 10.9 Å². The molecule has 2 rings (SSSR count). The molecule has 0 bridgehead atoms. The summed E-state index contributed by atoms with van der Waals surface area (Å²) in [5, 5.41) is 12.0. The van der Waals surface area contributed by atoms with Crippen molar-refractivity contribution in [2.75, 3.05) is 5.32 Å². The summed E-state index contributed by atoms with van der Waals surface area (Å²) in [5.74, 6) is 0. The van der Waals surface area contributed by atoms with Gasteiger partial charge >= 0.3 is 0 Å².